The standard InChI is InChI=1S/C10H24N2.C2H6/c1-5-12(6-2)9-7-8-10(3)11-4;1-2/h10-11H,5-9H2,1-4H3;1-2H3. The maximum atomic E-state index is 3.26. The molecule has 0 saturated carbocycles. The quantitative estimate of drug-likeness (QED) is 0.683. The van der Waals surface area contributed by atoms with Gasteiger partial charge in [0.25, 0.3) is 0 Å². The van der Waals surface area contributed by atoms with Crippen molar-refractivity contribution in [2.24, 2.45) is 0 Å². The van der Waals surface area contributed by atoms with Gasteiger partial charge >= 0.3 is 0 Å². The van der Waals surface area contributed by atoms with Crippen molar-refractivity contribution in [1.29, 1.82) is 0 Å². The van der Waals surface area contributed by atoms with Crippen LogP contribution in [0.1, 0.15) is 47.5 Å². The summed E-state index contributed by atoms with van der Waals surface area (Å²) in [6.07, 6.45) is 2.59. The Bertz CT molecular complexity index is 90.3. The summed E-state index contributed by atoms with van der Waals surface area (Å²) in [5.74, 6) is 0. The lowest BCUT2D eigenvalue weighted by Gasteiger charge is -2.18. The Morgan fingerprint density at radius 2 is 1.64 bits per heavy atom. The molecule has 0 aliphatic rings. The summed E-state index contributed by atoms with van der Waals surface area (Å²) >= 11 is 0. The van der Waals surface area contributed by atoms with Crippen LogP contribution in [-0.2, 0) is 0 Å². The van der Waals surface area contributed by atoms with E-state index in [0.717, 1.165) is 0 Å². The summed E-state index contributed by atoms with van der Waals surface area (Å²) < 4.78 is 0. The maximum absolute atomic E-state index is 3.26. The Balaban J connectivity index is 0. The Hall–Kier alpha value is -0.0800. The van der Waals surface area contributed by atoms with Crippen LogP contribution in [-0.4, -0.2) is 37.6 Å². The molecule has 2 nitrogen and oxygen atoms in total. The molecule has 0 fully saturated rings. The molecule has 0 amide bonds. The first-order valence-corrected chi connectivity index (χ1v) is 6.14. The van der Waals surface area contributed by atoms with E-state index < -0.39 is 0 Å². The molecular weight excluding hydrogens is 172 g/mol. The van der Waals surface area contributed by atoms with Crippen LogP contribution in [0.2, 0.25) is 0 Å². The summed E-state index contributed by atoms with van der Waals surface area (Å²) in [6.45, 7) is 14.3. The molecule has 2 heteroatoms. The van der Waals surface area contributed by atoms with Gasteiger partial charge in [0.2, 0.25) is 0 Å². The number of hydrogen-bond donors (Lipinski definition) is 1. The molecule has 0 aromatic heterocycles. The lowest BCUT2D eigenvalue weighted by molar-refractivity contribution is 0.291. The lowest BCUT2D eigenvalue weighted by atomic mass is 10.2. The van der Waals surface area contributed by atoms with E-state index in [2.05, 4.69) is 31.0 Å². The monoisotopic (exact) mass is 202 g/mol. The fourth-order valence-electron chi connectivity index (χ4n) is 1.31. The predicted octanol–water partition coefficient (Wildman–Crippen LogP) is 2.74. The largest absolute Gasteiger partial charge is 0.317 e. The Morgan fingerprint density at radius 3 is 2.00 bits per heavy atom. The molecule has 1 N–H and O–H groups in total. The minimum absolute atomic E-state index is 0.667. The molecular formula is C12H30N2. The number of rotatable bonds is 7. The molecule has 0 aromatic rings. The summed E-state index contributed by atoms with van der Waals surface area (Å²) in [5, 5.41) is 3.26. The van der Waals surface area contributed by atoms with Gasteiger partial charge in [0.05, 0.1) is 0 Å². The second-order valence-corrected chi connectivity index (χ2v) is 3.36. The highest BCUT2D eigenvalue weighted by Crippen LogP contribution is 1.98. The van der Waals surface area contributed by atoms with Crippen molar-refractivity contribution in [3.8, 4) is 0 Å². The van der Waals surface area contributed by atoms with E-state index >= 15 is 0 Å². The van der Waals surface area contributed by atoms with Gasteiger partial charge in [-0.3, -0.25) is 0 Å². The van der Waals surface area contributed by atoms with Crippen LogP contribution in [0.15, 0.2) is 0 Å². The first kappa shape index (κ1) is 16.4. The van der Waals surface area contributed by atoms with Crippen LogP contribution in [0.3, 0.4) is 0 Å². The molecule has 0 aromatic carbocycles. The van der Waals surface area contributed by atoms with E-state index in [1.165, 1.54) is 32.5 Å². The second kappa shape index (κ2) is 12.9. The van der Waals surface area contributed by atoms with E-state index in [9.17, 15) is 0 Å². The number of hydrogen-bond acceptors (Lipinski definition) is 2. The minimum Gasteiger partial charge on any atom is -0.317 e. The van der Waals surface area contributed by atoms with Gasteiger partial charge in [-0.1, -0.05) is 27.7 Å². The summed E-state index contributed by atoms with van der Waals surface area (Å²) in [7, 11) is 2.03. The van der Waals surface area contributed by atoms with Crippen LogP contribution in [0.5, 0.6) is 0 Å². The highest BCUT2D eigenvalue weighted by molar-refractivity contribution is 4.59. The second-order valence-electron chi connectivity index (χ2n) is 3.36. The third-order valence-electron chi connectivity index (χ3n) is 2.50. The van der Waals surface area contributed by atoms with Crippen molar-refractivity contribution in [3.63, 3.8) is 0 Å². The molecule has 0 rings (SSSR count). The molecule has 0 saturated heterocycles. The van der Waals surface area contributed by atoms with Gasteiger partial charge in [-0.05, 0) is 46.4 Å². The molecule has 0 aliphatic carbocycles. The van der Waals surface area contributed by atoms with Crippen LogP contribution in [0, 0.1) is 0 Å². The van der Waals surface area contributed by atoms with Gasteiger partial charge in [0.1, 0.15) is 0 Å². The van der Waals surface area contributed by atoms with Crippen molar-refractivity contribution in [1.82, 2.24) is 10.2 Å². The SMILES string of the molecule is CC.CCN(CC)CCCC(C)NC. The molecule has 1 unspecified atom stereocenters. The minimum atomic E-state index is 0.667. The first-order chi connectivity index (χ1) is 6.74. The zero-order valence-corrected chi connectivity index (χ0v) is 11.1. The summed E-state index contributed by atoms with van der Waals surface area (Å²) in [4.78, 5) is 2.47. The van der Waals surface area contributed by atoms with Gasteiger partial charge in [0, 0.05) is 6.04 Å². The Labute approximate surface area is 91.1 Å². The molecule has 0 spiro atoms. The van der Waals surface area contributed by atoms with E-state index in [1.807, 2.05) is 20.9 Å². The molecule has 0 bridgehead atoms. The average Bonchev–Trinajstić information content (AvgIpc) is 2.27. The molecule has 0 heterocycles. The van der Waals surface area contributed by atoms with Crippen LogP contribution in [0.4, 0.5) is 0 Å². The summed E-state index contributed by atoms with van der Waals surface area (Å²) in [6, 6.07) is 0.667. The zero-order valence-electron chi connectivity index (χ0n) is 11.1. The zero-order chi connectivity index (χ0) is 11.4. The van der Waals surface area contributed by atoms with Crippen molar-refractivity contribution in [2.75, 3.05) is 26.7 Å². The van der Waals surface area contributed by atoms with Crippen LogP contribution >= 0.6 is 0 Å². The van der Waals surface area contributed by atoms with Gasteiger partial charge in [0.15, 0.2) is 0 Å². The first-order valence-electron chi connectivity index (χ1n) is 6.14. The van der Waals surface area contributed by atoms with Crippen molar-refractivity contribution >= 4 is 0 Å². The fraction of sp³-hybridized carbons (Fsp3) is 1.00. The topological polar surface area (TPSA) is 15.3 Å². The average molecular weight is 202 g/mol. The highest BCUT2D eigenvalue weighted by atomic mass is 15.1. The van der Waals surface area contributed by atoms with Crippen LogP contribution < -0.4 is 5.32 Å². The molecule has 0 radical (unpaired) electrons. The number of nitrogens with one attached hydrogen (secondary N) is 1. The van der Waals surface area contributed by atoms with E-state index in [-0.39, 0.29) is 0 Å². The van der Waals surface area contributed by atoms with Crippen molar-refractivity contribution in [3.05, 3.63) is 0 Å². The van der Waals surface area contributed by atoms with Gasteiger partial charge < -0.3 is 10.2 Å². The van der Waals surface area contributed by atoms with Crippen molar-refractivity contribution in [2.45, 2.75) is 53.5 Å². The third-order valence-corrected chi connectivity index (χ3v) is 2.50. The van der Waals surface area contributed by atoms with Gasteiger partial charge in [-0.15, -0.1) is 0 Å². The normalized spacial score (nSPS) is 12.2. The molecule has 0 aliphatic heterocycles. The van der Waals surface area contributed by atoms with E-state index in [4.69, 9.17) is 0 Å². The summed E-state index contributed by atoms with van der Waals surface area (Å²) in [5.41, 5.74) is 0. The predicted molar refractivity (Wildman–Crippen MR) is 66.9 cm³/mol. The van der Waals surface area contributed by atoms with E-state index in [1.54, 1.807) is 0 Å². The van der Waals surface area contributed by atoms with E-state index in [0.29, 0.717) is 6.04 Å². The molecule has 88 valence electrons. The van der Waals surface area contributed by atoms with Crippen molar-refractivity contribution < 1.29 is 0 Å². The highest BCUT2D eigenvalue weighted by Gasteiger charge is 2.00. The Kier molecular flexibility index (Phi) is 15.1. The Morgan fingerprint density at radius 1 is 1.14 bits per heavy atom. The molecule has 14 heavy (non-hydrogen) atoms. The lowest BCUT2D eigenvalue weighted by Crippen LogP contribution is -2.27. The van der Waals surface area contributed by atoms with Crippen LogP contribution in [0.25, 0.3) is 0 Å². The van der Waals surface area contributed by atoms with Gasteiger partial charge in [-0.2, -0.15) is 0 Å². The maximum Gasteiger partial charge on any atom is 0.00362 e. The third kappa shape index (κ3) is 10.0. The fourth-order valence-corrected chi connectivity index (χ4v) is 1.31. The molecule has 1 atom stereocenters. The van der Waals surface area contributed by atoms with Gasteiger partial charge in [-0.25, -0.2) is 0 Å². The smallest absolute Gasteiger partial charge is 0.00362 e. The number of nitrogens with zero attached hydrogens (tertiary/aromatic N) is 1.